The van der Waals surface area contributed by atoms with E-state index in [2.05, 4.69) is 12.2 Å². The van der Waals surface area contributed by atoms with Gasteiger partial charge < -0.3 is 14.9 Å². The third-order valence-electron chi connectivity index (χ3n) is 7.51. The van der Waals surface area contributed by atoms with Crippen LogP contribution in [0.5, 0.6) is 0 Å². The van der Waals surface area contributed by atoms with Crippen LogP contribution in [-0.2, 0) is 9.59 Å². The molecule has 2 saturated heterocycles. The van der Waals surface area contributed by atoms with Crippen LogP contribution in [0.25, 0.3) is 0 Å². The summed E-state index contributed by atoms with van der Waals surface area (Å²) in [4.78, 5) is 29.6. The van der Waals surface area contributed by atoms with Crippen molar-refractivity contribution in [3.05, 3.63) is 12.2 Å². The molecule has 4 rings (SSSR count). The molecule has 2 atom stereocenters. The van der Waals surface area contributed by atoms with Gasteiger partial charge in [0.25, 0.3) is 0 Å². The lowest BCUT2D eigenvalue weighted by Gasteiger charge is -2.51. The molecule has 4 aliphatic rings. The molecule has 2 amide bonds. The average Bonchev–Trinajstić information content (AvgIpc) is 3.17. The summed E-state index contributed by atoms with van der Waals surface area (Å²) in [6.07, 6.45) is 13.5. The number of amides is 2. The van der Waals surface area contributed by atoms with Crippen LogP contribution in [0, 0.1) is 17.3 Å². The van der Waals surface area contributed by atoms with E-state index < -0.39 is 6.10 Å². The smallest absolute Gasteiger partial charge is 0.226 e. The zero-order valence-electron chi connectivity index (χ0n) is 16.4. The Balaban J connectivity index is 1.38. The molecule has 5 heteroatoms. The molecule has 2 aliphatic heterocycles. The van der Waals surface area contributed by atoms with E-state index in [1.807, 2.05) is 9.80 Å². The first-order valence-corrected chi connectivity index (χ1v) is 11.0. The number of allylic oxidation sites excluding steroid dienone is 2. The average molecular weight is 375 g/mol. The molecular formula is C22H34N2O3. The van der Waals surface area contributed by atoms with Gasteiger partial charge in [-0.05, 0) is 44.4 Å². The van der Waals surface area contributed by atoms with Crippen LogP contribution in [0.1, 0.15) is 64.2 Å². The summed E-state index contributed by atoms with van der Waals surface area (Å²) in [6, 6.07) is 0. The van der Waals surface area contributed by atoms with Crippen LogP contribution >= 0.6 is 0 Å². The second kappa shape index (κ2) is 7.94. The standard InChI is InChI=1S/C22H34N2O3/c25-19-11-14-23(20(26)10-9-17-5-3-6-17)15-22(19)12-4-13-24(16-22)21(27)18-7-1-2-8-18/h1-2,17-19,25H,3-16H2/t19-,22-/m1/s1. The Morgan fingerprint density at radius 3 is 2.44 bits per heavy atom. The number of aliphatic hydroxyl groups is 1. The Kier molecular flexibility index (Phi) is 5.58. The third-order valence-corrected chi connectivity index (χ3v) is 7.51. The highest BCUT2D eigenvalue weighted by Gasteiger charge is 2.47. The summed E-state index contributed by atoms with van der Waals surface area (Å²) in [7, 11) is 0. The molecule has 1 N–H and O–H groups in total. The van der Waals surface area contributed by atoms with E-state index in [1.165, 1.54) is 19.3 Å². The molecule has 0 radical (unpaired) electrons. The van der Waals surface area contributed by atoms with Gasteiger partial charge in [0.15, 0.2) is 0 Å². The summed E-state index contributed by atoms with van der Waals surface area (Å²) < 4.78 is 0. The van der Waals surface area contributed by atoms with Crippen LogP contribution in [0.4, 0.5) is 0 Å². The second-order valence-electron chi connectivity index (χ2n) is 9.32. The molecular weight excluding hydrogens is 340 g/mol. The van der Waals surface area contributed by atoms with Gasteiger partial charge in [-0.3, -0.25) is 9.59 Å². The maximum Gasteiger partial charge on any atom is 0.226 e. The minimum Gasteiger partial charge on any atom is -0.392 e. The van der Waals surface area contributed by atoms with Gasteiger partial charge in [0.2, 0.25) is 11.8 Å². The number of hydrogen-bond donors (Lipinski definition) is 1. The van der Waals surface area contributed by atoms with E-state index >= 15 is 0 Å². The molecule has 0 bridgehead atoms. The van der Waals surface area contributed by atoms with Crippen molar-refractivity contribution in [3.8, 4) is 0 Å². The van der Waals surface area contributed by atoms with Crippen LogP contribution in [-0.4, -0.2) is 59.0 Å². The fourth-order valence-corrected chi connectivity index (χ4v) is 5.46. The Morgan fingerprint density at radius 1 is 1.00 bits per heavy atom. The normalized spacial score (nSPS) is 32.1. The largest absolute Gasteiger partial charge is 0.392 e. The zero-order valence-corrected chi connectivity index (χ0v) is 16.4. The Bertz CT molecular complexity index is 592. The highest BCUT2D eigenvalue weighted by molar-refractivity contribution is 5.80. The lowest BCUT2D eigenvalue weighted by atomic mass is 9.71. The van der Waals surface area contributed by atoms with Gasteiger partial charge in [0.1, 0.15) is 0 Å². The lowest BCUT2D eigenvalue weighted by Crippen LogP contribution is -2.61. The number of rotatable bonds is 4. The van der Waals surface area contributed by atoms with Crippen molar-refractivity contribution in [2.75, 3.05) is 26.2 Å². The van der Waals surface area contributed by atoms with Crippen LogP contribution < -0.4 is 0 Å². The Morgan fingerprint density at radius 2 is 1.74 bits per heavy atom. The molecule has 3 fully saturated rings. The summed E-state index contributed by atoms with van der Waals surface area (Å²) in [5.74, 6) is 1.32. The van der Waals surface area contributed by atoms with Gasteiger partial charge in [-0.15, -0.1) is 0 Å². The predicted molar refractivity (Wildman–Crippen MR) is 104 cm³/mol. The summed E-state index contributed by atoms with van der Waals surface area (Å²) in [6.45, 7) is 2.67. The van der Waals surface area contributed by atoms with Gasteiger partial charge in [-0.2, -0.15) is 0 Å². The van der Waals surface area contributed by atoms with Crippen LogP contribution in [0.3, 0.4) is 0 Å². The van der Waals surface area contributed by atoms with E-state index in [0.29, 0.717) is 32.5 Å². The molecule has 1 spiro atoms. The number of likely N-dealkylation sites (tertiary alicyclic amines) is 2. The van der Waals surface area contributed by atoms with Gasteiger partial charge in [-0.1, -0.05) is 31.4 Å². The first-order chi connectivity index (χ1) is 13.1. The molecule has 0 unspecified atom stereocenters. The molecule has 2 aliphatic carbocycles. The van der Waals surface area contributed by atoms with Gasteiger partial charge in [-0.25, -0.2) is 0 Å². The van der Waals surface area contributed by atoms with Crippen LogP contribution in [0.15, 0.2) is 12.2 Å². The molecule has 27 heavy (non-hydrogen) atoms. The topological polar surface area (TPSA) is 60.9 Å². The number of nitrogens with zero attached hydrogens (tertiary/aromatic N) is 2. The SMILES string of the molecule is O=C(CCC1CCC1)N1CC[C@@H](O)[C@]2(CCCN(C(=O)C3CC=CC3)C2)C1. The maximum absolute atomic E-state index is 12.9. The number of carbonyl (C=O) groups is 2. The summed E-state index contributed by atoms with van der Waals surface area (Å²) >= 11 is 0. The molecule has 150 valence electrons. The van der Waals surface area contributed by atoms with E-state index in [4.69, 9.17) is 0 Å². The molecule has 0 aromatic rings. The minimum absolute atomic E-state index is 0.0843. The summed E-state index contributed by atoms with van der Waals surface area (Å²) in [5.41, 5.74) is -0.329. The first-order valence-electron chi connectivity index (χ1n) is 11.0. The van der Waals surface area contributed by atoms with E-state index in [-0.39, 0.29) is 23.1 Å². The predicted octanol–water partition coefficient (Wildman–Crippen LogP) is 2.73. The van der Waals surface area contributed by atoms with Crippen molar-refractivity contribution < 1.29 is 14.7 Å². The quantitative estimate of drug-likeness (QED) is 0.770. The maximum atomic E-state index is 12.9. The second-order valence-corrected chi connectivity index (χ2v) is 9.32. The number of hydrogen-bond acceptors (Lipinski definition) is 3. The van der Waals surface area contributed by atoms with E-state index in [9.17, 15) is 14.7 Å². The van der Waals surface area contributed by atoms with Gasteiger partial charge in [0.05, 0.1) is 6.10 Å². The molecule has 1 saturated carbocycles. The molecule has 2 heterocycles. The fraction of sp³-hybridized carbons (Fsp3) is 0.818. The molecule has 5 nitrogen and oxygen atoms in total. The van der Waals surface area contributed by atoms with Crippen molar-refractivity contribution in [1.29, 1.82) is 0 Å². The zero-order chi connectivity index (χ0) is 18.9. The monoisotopic (exact) mass is 374 g/mol. The highest BCUT2D eigenvalue weighted by Crippen LogP contribution is 2.40. The summed E-state index contributed by atoms with van der Waals surface area (Å²) in [5, 5.41) is 10.8. The third kappa shape index (κ3) is 3.94. The van der Waals surface area contributed by atoms with Gasteiger partial charge >= 0.3 is 0 Å². The van der Waals surface area contributed by atoms with Crippen molar-refractivity contribution in [2.24, 2.45) is 17.3 Å². The van der Waals surface area contributed by atoms with Crippen molar-refractivity contribution in [3.63, 3.8) is 0 Å². The van der Waals surface area contributed by atoms with Crippen molar-refractivity contribution in [2.45, 2.75) is 70.3 Å². The fourth-order valence-electron chi connectivity index (χ4n) is 5.46. The Hall–Kier alpha value is -1.36. The molecule has 0 aromatic carbocycles. The van der Waals surface area contributed by atoms with Crippen molar-refractivity contribution >= 4 is 11.8 Å². The number of aliphatic hydroxyl groups excluding tert-OH is 1. The van der Waals surface area contributed by atoms with Crippen LogP contribution in [0.2, 0.25) is 0 Å². The van der Waals surface area contributed by atoms with Crippen molar-refractivity contribution in [1.82, 2.24) is 9.80 Å². The number of piperidine rings is 2. The van der Waals surface area contributed by atoms with Gasteiger partial charge in [0, 0.05) is 43.9 Å². The number of carbonyl (C=O) groups excluding carboxylic acids is 2. The van der Waals surface area contributed by atoms with E-state index in [1.54, 1.807) is 0 Å². The highest BCUT2D eigenvalue weighted by atomic mass is 16.3. The first kappa shape index (κ1) is 19.0. The minimum atomic E-state index is -0.412. The molecule has 0 aromatic heterocycles. The lowest BCUT2D eigenvalue weighted by molar-refractivity contribution is -0.151. The van der Waals surface area contributed by atoms with E-state index in [0.717, 1.165) is 44.6 Å². The Labute approximate surface area is 162 Å².